The van der Waals surface area contributed by atoms with Crippen LogP contribution in [-0.2, 0) is 0 Å². The number of benzene rings is 1. The topological polar surface area (TPSA) is 53.0 Å². The van der Waals surface area contributed by atoms with E-state index < -0.39 is 5.97 Å². The number of carbonyl (C=O) groups is 1. The number of nitrogens with zero attached hydrogens (tertiary/aromatic N) is 2. The van der Waals surface area contributed by atoms with Crippen molar-refractivity contribution in [3.8, 4) is 0 Å². The van der Waals surface area contributed by atoms with Crippen LogP contribution in [0.2, 0.25) is 0 Å². The number of carboxylic acid groups (broad SMARTS) is 1. The average Bonchev–Trinajstić information content (AvgIpc) is 3.08. The number of carbonyl (C=O) groups excluding carboxylic acids is 1. The van der Waals surface area contributed by atoms with Gasteiger partial charge in [-0.25, -0.2) is 4.98 Å². The van der Waals surface area contributed by atoms with Gasteiger partial charge >= 0.3 is 0 Å². The van der Waals surface area contributed by atoms with Crippen molar-refractivity contribution in [3.63, 3.8) is 0 Å². The number of quaternary nitrogens is 1. The van der Waals surface area contributed by atoms with Gasteiger partial charge in [-0.15, -0.1) is 0 Å². The highest BCUT2D eigenvalue weighted by Gasteiger charge is 2.13. The van der Waals surface area contributed by atoms with Crippen LogP contribution in [0, 0.1) is 0 Å². The van der Waals surface area contributed by atoms with Crippen LogP contribution in [0.25, 0.3) is 10.9 Å². The van der Waals surface area contributed by atoms with Crippen molar-refractivity contribution >= 4 is 16.9 Å². The first-order valence-corrected chi connectivity index (χ1v) is 20.8. The van der Waals surface area contributed by atoms with Gasteiger partial charge in [-0.1, -0.05) is 192 Å². The first-order valence-electron chi connectivity index (χ1n) is 20.8. The number of hydrogen-bond donors (Lipinski definition) is 0. The maximum Gasteiger partial charge on any atom is 0.0900 e. The van der Waals surface area contributed by atoms with Gasteiger partial charge in [0.05, 0.1) is 44.4 Å². The molecular weight excluding hydrogens is 588 g/mol. The van der Waals surface area contributed by atoms with E-state index in [0.29, 0.717) is 5.52 Å². The smallest absolute Gasteiger partial charge is 0.0900 e. The fourth-order valence-electron chi connectivity index (χ4n) is 6.76. The molecule has 0 aliphatic heterocycles. The Bertz CT molecular complexity index is 970. The van der Waals surface area contributed by atoms with Gasteiger partial charge in [0.25, 0.3) is 0 Å². The first-order chi connectivity index (χ1) is 23.4. The third-order valence-corrected chi connectivity index (χ3v) is 10.0. The van der Waals surface area contributed by atoms with Crippen LogP contribution >= 0.6 is 0 Å². The standard InChI is InChI=1S/C34H72N.C10H7NO2/c1-5-7-9-11-13-15-17-19-21-23-25-27-29-31-33-35(3,4)34-32-30-28-26-24-22-20-18-16-14-12-10-8-6-2;12-10(13)9-6-5-7-3-1-2-4-8(7)11-9/h5-34H2,1-4H3;1-6H,(H,12,13)/q+1;/p-1. The van der Waals surface area contributed by atoms with E-state index in [-0.39, 0.29) is 5.69 Å². The van der Waals surface area contributed by atoms with E-state index in [2.05, 4.69) is 32.9 Å². The summed E-state index contributed by atoms with van der Waals surface area (Å²) in [5.74, 6) is -1.24. The SMILES string of the molecule is CCCCCCCCCCCCCCCC[N+](C)(C)CCCCCCCCCCCCCCCC.O=C([O-])c1ccc2ccccc2n1. The molecule has 0 bridgehead atoms. The predicted octanol–water partition coefficient (Wildman–Crippen LogP) is 12.6. The lowest BCUT2D eigenvalue weighted by molar-refractivity contribution is -0.890. The Morgan fingerprint density at radius 3 is 1.19 bits per heavy atom. The van der Waals surface area contributed by atoms with Crippen molar-refractivity contribution in [2.45, 2.75) is 194 Å². The Balaban J connectivity index is 0.000000724. The summed E-state index contributed by atoms with van der Waals surface area (Å²) in [6.07, 6.45) is 40.9. The van der Waals surface area contributed by atoms with E-state index in [0.717, 1.165) is 5.39 Å². The molecule has 0 atom stereocenters. The molecule has 1 heterocycles. The highest BCUT2D eigenvalue weighted by Crippen LogP contribution is 2.16. The second-order valence-corrected chi connectivity index (χ2v) is 15.3. The molecule has 1 aromatic carbocycles. The van der Waals surface area contributed by atoms with Crippen molar-refractivity contribution in [2.24, 2.45) is 0 Å². The molecule has 1 aromatic heterocycles. The maximum absolute atomic E-state index is 10.5. The zero-order valence-corrected chi connectivity index (χ0v) is 32.4. The summed E-state index contributed by atoms with van der Waals surface area (Å²) in [6, 6.07) is 10.5. The minimum Gasteiger partial charge on any atom is -0.543 e. The number of para-hydroxylation sites is 1. The van der Waals surface area contributed by atoms with Gasteiger partial charge in [-0.2, -0.15) is 0 Å². The predicted molar refractivity (Wildman–Crippen MR) is 209 cm³/mol. The Hall–Kier alpha value is -1.94. The van der Waals surface area contributed by atoms with Gasteiger partial charge in [-0.05, 0) is 37.8 Å². The van der Waals surface area contributed by atoms with Gasteiger partial charge < -0.3 is 14.4 Å². The summed E-state index contributed by atoms with van der Waals surface area (Å²) in [5.41, 5.74) is 0.642. The van der Waals surface area contributed by atoms with Crippen molar-refractivity contribution in [3.05, 3.63) is 42.1 Å². The van der Waals surface area contributed by atoms with Gasteiger partial charge in [0, 0.05) is 5.39 Å². The summed E-state index contributed by atoms with van der Waals surface area (Å²) in [4.78, 5) is 14.4. The second-order valence-electron chi connectivity index (χ2n) is 15.3. The average molecular weight is 667 g/mol. The summed E-state index contributed by atoms with van der Waals surface area (Å²) in [7, 11) is 4.93. The molecule has 0 aliphatic rings. The third-order valence-electron chi connectivity index (χ3n) is 10.0. The van der Waals surface area contributed by atoms with Crippen molar-refractivity contribution < 1.29 is 14.4 Å². The van der Waals surface area contributed by atoms with E-state index >= 15 is 0 Å². The largest absolute Gasteiger partial charge is 0.543 e. The first kappa shape index (κ1) is 44.1. The highest BCUT2D eigenvalue weighted by molar-refractivity contribution is 5.88. The molecule has 0 radical (unpaired) electrons. The molecule has 4 nitrogen and oxygen atoms in total. The van der Waals surface area contributed by atoms with E-state index in [1.165, 1.54) is 203 Å². The molecular formula is C44H78N2O2. The Labute approximate surface area is 298 Å². The molecule has 276 valence electrons. The maximum atomic E-state index is 10.5. The molecule has 0 saturated heterocycles. The molecule has 0 N–H and O–H groups in total. The summed E-state index contributed by atoms with van der Waals surface area (Å²) < 4.78 is 1.25. The van der Waals surface area contributed by atoms with Crippen molar-refractivity contribution in [2.75, 3.05) is 27.2 Å². The lowest BCUT2D eigenvalue weighted by atomic mass is 10.0. The number of hydrogen-bond acceptors (Lipinski definition) is 3. The zero-order chi connectivity index (χ0) is 35.0. The number of rotatable bonds is 31. The third kappa shape index (κ3) is 26.0. The minimum absolute atomic E-state index is 0.0290. The Morgan fingerprint density at radius 1 is 0.500 bits per heavy atom. The van der Waals surface area contributed by atoms with E-state index in [4.69, 9.17) is 0 Å². The van der Waals surface area contributed by atoms with Crippen LogP contribution in [-0.4, -0.2) is 42.6 Å². The number of aromatic nitrogens is 1. The van der Waals surface area contributed by atoms with E-state index in [9.17, 15) is 9.90 Å². The second kappa shape index (κ2) is 31.1. The lowest BCUT2D eigenvalue weighted by Crippen LogP contribution is -2.41. The van der Waals surface area contributed by atoms with E-state index in [1.54, 1.807) is 12.1 Å². The molecule has 2 rings (SSSR count). The van der Waals surface area contributed by atoms with Gasteiger partial charge in [-0.3, -0.25) is 0 Å². The molecule has 4 heteroatoms. The van der Waals surface area contributed by atoms with Crippen LogP contribution in [0.5, 0.6) is 0 Å². The van der Waals surface area contributed by atoms with Crippen LogP contribution in [0.15, 0.2) is 36.4 Å². The number of fused-ring (bicyclic) bond motifs is 1. The number of unbranched alkanes of at least 4 members (excludes halogenated alkanes) is 26. The Kier molecular flexibility index (Phi) is 28.5. The summed E-state index contributed by atoms with van der Waals surface area (Å²) >= 11 is 0. The summed E-state index contributed by atoms with van der Waals surface area (Å²) in [6.45, 7) is 7.38. The normalized spacial score (nSPS) is 11.5. The molecule has 0 aliphatic carbocycles. The fourth-order valence-corrected chi connectivity index (χ4v) is 6.76. The van der Waals surface area contributed by atoms with Crippen LogP contribution < -0.4 is 5.11 Å². The van der Waals surface area contributed by atoms with Crippen molar-refractivity contribution in [1.82, 2.24) is 4.98 Å². The zero-order valence-electron chi connectivity index (χ0n) is 32.4. The molecule has 48 heavy (non-hydrogen) atoms. The minimum atomic E-state index is -1.24. The van der Waals surface area contributed by atoms with Gasteiger partial charge in [0.1, 0.15) is 0 Å². The number of carboxylic acids is 1. The monoisotopic (exact) mass is 667 g/mol. The number of pyridine rings is 1. The van der Waals surface area contributed by atoms with Crippen LogP contribution in [0.3, 0.4) is 0 Å². The lowest BCUT2D eigenvalue weighted by Gasteiger charge is -2.30. The van der Waals surface area contributed by atoms with Crippen LogP contribution in [0.1, 0.15) is 204 Å². The molecule has 2 aromatic rings. The van der Waals surface area contributed by atoms with E-state index in [1.807, 2.05) is 18.2 Å². The summed E-state index contributed by atoms with van der Waals surface area (Å²) in [5, 5.41) is 11.4. The molecule has 0 amide bonds. The quantitative estimate of drug-likeness (QED) is 0.0594. The van der Waals surface area contributed by atoms with Crippen molar-refractivity contribution in [1.29, 1.82) is 0 Å². The van der Waals surface area contributed by atoms with Crippen LogP contribution in [0.4, 0.5) is 0 Å². The molecule has 0 saturated carbocycles. The molecule has 0 fully saturated rings. The Morgan fingerprint density at radius 2 is 0.833 bits per heavy atom. The number of aromatic carboxylic acids is 1. The van der Waals surface area contributed by atoms with Gasteiger partial charge in [0.15, 0.2) is 0 Å². The molecule has 0 unspecified atom stereocenters. The highest BCUT2D eigenvalue weighted by atomic mass is 16.4. The fraction of sp³-hybridized carbons (Fsp3) is 0.773. The molecule has 0 spiro atoms. The van der Waals surface area contributed by atoms with Gasteiger partial charge in [0.2, 0.25) is 0 Å².